The van der Waals surface area contributed by atoms with E-state index in [0.29, 0.717) is 23.2 Å². The van der Waals surface area contributed by atoms with Gasteiger partial charge < -0.3 is 9.53 Å². The number of benzene rings is 2. The van der Waals surface area contributed by atoms with Gasteiger partial charge in [-0.2, -0.15) is 0 Å². The van der Waals surface area contributed by atoms with Gasteiger partial charge in [0.15, 0.2) is 0 Å². The second-order valence-electron chi connectivity index (χ2n) is 13.5. The third-order valence-electron chi connectivity index (χ3n) is 10.0. The molecule has 0 heterocycles. The molecule has 2 aromatic rings. The highest BCUT2D eigenvalue weighted by Crippen LogP contribution is 2.61. The highest BCUT2D eigenvalue weighted by atomic mass is 28.4. The topological polar surface area (TPSA) is 29.5 Å². The van der Waals surface area contributed by atoms with Crippen LogP contribution in [0.1, 0.15) is 80.6 Å². The van der Waals surface area contributed by atoms with Crippen LogP contribution in [-0.4, -0.2) is 26.1 Å². The maximum atomic E-state index is 11.1. The molecule has 0 saturated heterocycles. The molecule has 2 aliphatic carbocycles. The second kappa shape index (κ2) is 9.80. The van der Waals surface area contributed by atoms with Crippen LogP contribution in [0.5, 0.6) is 0 Å². The van der Waals surface area contributed by atoms with Crippen LogP contribution in [0.25, 0.3) is 0 Å². The van der Waals surface area contributed by atoms with E-state index in [1.54, 1.807) is 0 Å². The minimum Gasteiger partial charge on any atom is -0.407 e. The van der Waals surface area contributed by atoms with E-state index in [0.717, 1.165) is 19.4 Å². The van der Waals surface area contributed by atoms with Crippen molar-refractivity contribution in [1.82, 2.24) is 0 Å². The SMILES string of the molecule is CC1[C@H](O)C[C@H]2C(C)(C)CCC[C@]2(C)[C@H]1CCO[Si](c1ccccc1)(c1ccccc1)C(C)(C)C. The lowest BCUT2D eigenvalue weighted by molar-refractivity contribution is -0.143. The Morgan fingerprint density at radius 3 is 1.97 bits per heavy atom. The van der Waals surface area contributed by atoms with Crippen molar-refractivity contribution in [2.24, 2.45) is 28.6 Å². The van der Waals surface area contributed by atoms with Crippen molar-refractivity contribution in [3.05, 3.63) is 60.7 Å². The maximum Gasteiger partial charge on any atom is 0.261 e. The van der Waals surface area contributed by atoms with Crippen LogP contribution in [0.3, 0.4) is 0 Å². The smallest absolute Gasteiger partial charge is 0.261 e. The average molecular weight is 493 g/mol. The third-order valence-corrected chi connectivity index (χ3v) is 15.0. The lowest BCUT2D eigenvalue weighted by atomic mass is 9.45. The Balaban J connectivity index is 1.67. The van der Waals surface area contributed by atoms with E-state index in [1.807, 2.05) is 0 Å². The molecular formula is C32H48O2Si. The molecule has 0 aliphatic heterocycles. The van der Waals surface area contributed by atoms with Gasteiger partial charge in [0.2, 0.25) is 0 Å². The molecule has 2 saturated carbocycles. The van der Waals surface area contributed by atoms with Crippen molar-refractivity contribution in [3.8, 4) is 0 Å². The normalized spacial score (nSPS) is 31.1. The summed E-state index contributed by atoms with van der Waals surface area (Å²) in [6.45, 7) is 17.5. The molecule has 0 amide bonds. The largest absolute Gasteiger partial charge is 0.407 e. The van der Waals surface area contributed by atoms with Crippen LogP contribution in [0.4, 0.5) is 0 Å². The van der Waals surface area contributed by atoms with Gasteiger partial charge in [-0.3, -0.25) is 0 Å². The van der Waals surface area contributed by atoms with Crippen LogP contribution in [0.15, 0.2) is 60.7 Å². The predicted octanol–water partition coefficient (Wildman–Crippen LogP) is 6.80. The third kappa shape index (κ3) is 4.69. The Hall–Kier alpha value is -1.42. The van der Waals surface area contributed by atoms with Gasteiger partial charge >= 0.3 is 0 Å². The van der Waals surface area contributed by atoms with E-state index in [4.69, 9.17) is 4.43 Å². The monoisotopic (exact) mass is 492 g/mol. The van der Waals surface area contributed by atoms with Crippen molar-refractivity contribution in [1.29, 1.82) is 0 Å². The molecule has 35 heavy (non-hydrogen) atoms. The van der Waals surface area contributed by atoms with Crippen molar-refractivity contribution in [3.63, 3.8) is 0 Å². The molecule has 0 aromatic heterocycles. The molecule has 1 N–H and O–H groups in total. The summed E-state index contributed by atoms with van der Waals surface area (Å²) >= 11 is 0. The van der Waals surface area contributed by atoms with Crippen LogP contribution in [0, 0.1) is 28.6 Å². The van der Waals surface area contributed by atoms with Gasteiger partial charge in [0.05, 0.1) is 6.10 Å². The van der Waals surface area contributed by atoms with E-state index in [1.165, 1.54) is 29.6 Å². The van der Waals surface area contributed by atoms with Crippen molar-refractivity contribution in [2.75, 3.05) is 6.61 Å². The number of rotatable bonds is 6. The Kier molecular flexibility index (Phi) is 7.46. The Morgan fingerprint density at radius 2 is 1.46 bits per heavy atom. The van der Waals surface area contributed by atoms with Gasteiger partial charge in [-0.25, -0.2) is 0 Å². The Labute approximate surface area is 215 Å². The van der Waals surface area contributed by atoms with Crippen LogP contribution in [-0.2, 0) is 4.43 Å². The van der Waals surface area contributed by atoms with E-state index in [9.17, 15) is 5.11 Å². The first-order valence-electron chi connectivity index (χ1n) is 13.9. The zero-order valence-electron chi connectivity index (χ0n) is 23.2. The first-order chi connectivity index (χ1) is 16.4. The zero-order chi connectivity index (χ0) is 25.5. The molecule has 0 spiro atoms. The van der Waals surface area contributed by atoms with Gasteiger partial charge in [-0.15, -0.1) is 0 Å². The minimum atomic E-state index is -2.53. The van der Waals surface area contributed by atoms with Gasteiger partial charge in [0.1, 0.15) is 0 Å². The first-order valence-corrected chi connectivity index (χ1v) is 15.8. The van der Waals surface area contributed by atoms with Gasteiger partial charge in [-0.05, 0) is 69.7 Å². The summed E-state index contributed by atoms with van der Waals surface area (Å²) in [5.74, 6) is 1.37. The van der Waals surface area contributed by atoms with Crippen molar-refractivity contribution >= 4 is 18.7 Å². The summed E-state index contributed by atoms with van der Waals surface area (Å²) in [6.07, 6.45) is 5.63. The molecule has 3 heteroatoms. The zero-order valence-corrected chi connectivity index (χ0v) is 24.2. The molecule has 0 radical (unpaired) electrons. The summed E-state index contributed by atoms with van der Waals surface area (Å²) in [5, 5.41) is 13.8. The number of fused-ring (bicyclic) bond motifs is 1. The number of hydrogen-bond acceptors (Lipinski definition) is 2. The van der Waals surface area contributed by atoms with Crippen LogP contribution < -0.4 is 10.4 Å². The summed E-state index contributed by atoms with van der Waals surface area (Å²) in [5.41, 5.74) is 0.570. The summed E-state index contributed by atoms with van der Waals surface area (Å²) in [4.78, 5) is 0. The Bertz CT molecular complexity index is 925. The van der Waals surface area contributed by atoms with Gasteiger partial charge in [0.25, 0.3) is 8.32 Å². The number of aliphatic hydroxyl groups excluding tert-OH is 1. The fourth-order valence-corrected chi connectivity index (χ4v) is 12.8. The summed E-state index contributed by atoms with van der Waals surface area (Å²) in [6, 6.07) is 21.9. The average Bonchev–Trinajstić information content (AvgIpc) is 2.80. The minimum absolute atomic E-state index is 0.00727. The van der Waals surface area contributed by atoms with Crippen LogP contribution in [0.2, 0.25) is 5.04 Å². The molecule has 2 fully saturated rings. The highest BCUT2D eigenvalue weighted by molar-refractivity contribution is 6.99. The molecule has 4 rings (SSSR count). The highest BCUT2D eigenvalue weighted by Gasteiger charge is 2.56. The lowest BCUT2D eigenvalue weighted by Gasteiger charge is -2.60. The molecule has 0 bridgehead atoms. The molecule has 2 aliphatic rings. The molecule has 5 atom stereocenters. The second-order valence-corrected chi connectivity index (χ2v) is 17.8. The van der Waals surface area contributed by atoms with E-state index >= 15 is 0 Å². The molecule has 2 aromatic carbocycles. The lowest BCUT2D eigenvalue weighted by Crippen LogP contribution is -2.66. The fraction of sp³-hybridized carbons (Fsp3) is 0.625. The predicted molar refractivity (Wildman–Crippen MR) is 151 cm³/mol. The number of aliphatic hydroxyl groups is 1. The van der Waals surface area contributed by atoms with E-state index in [-0.39, 0.29) is 16.6 Å². The first kappa shape index (κ1) is 26.6. The van der Waals surface area contributed by atoms with E-state index < -0.39 is 8.32 Å². The van der Waals surface area contributed by atoms with Gasteiger partial charge in [-0.1, -0.05) is 116 Å². The maximum absolute atomic E-state index is 11.1. The Morgan fingerprint density at radius 1 is 0.914 bits per heavy atom. The van der Waals surface area contributed by atoms with Crippen LogP contribution >= 0.6 is 0 Å². The summed E-state index contributed by atoms with van der Waals surface area (Å²) in [7, 11) is -2.53. The molecular weight excluding hydrogens is 444 g/mol. The van der Waals surface area contributed by atoms with Gasteiger partial charge in [0, 0.05) is 6.61 Å². The van der Waals surface area contributed by atoms with E-state index in [2.05, 4.69) is 109 Å². The molecule has 192 valence electrons. The number of hydrogen-bond donors (Lipinski definition) is 1. The van der Waals surface area contributed by atoms with Crippen molar-refractivity contribution in [2.45, 2.75) is 91.7 Å². The standard InChI is InChI=1S/C32H48O2Si/c1-24-27(32(7)21-14-20-31(5,6)29(32)23-28(24)33)19-22-34-35(30(2,3)4,25-15-10-8-11-16-25)26-17-12-9-13-18-26/h8-13,15-18,24,27-29,33H,14,19-23H2,1-7H3/t24?,27-,28+,29-,32+/m0/s1. The fourth-order valence-electron chi connectivity index (χ4n) is 8.22. The molecule has 2 nitrogen and oxygen atoms in total. The molecule has 1 unspecified atom stereocenters. The van der Waals surface area contributed by atoms with Crippen molar-refractivity contribution < 1.29 is 9.53 Å². The quantitative estimate of drug-likeness (QED) is 0.449. The summed E-state index contributed by atoms with van der Waals surface area (Å²) < 4.78 is 7.29.